The molecule has 3 atom stereocenters. The van der Waals surface area contributed by atoms with Crippen LogP contribution in [0.1, 0.15) is 30.0 Å². The molecule has 0 saturated carbocycles. The molecule has 0 fully saturated rings. The lowest BCUT2D eigenvalue weighted by molar-refractivity contribution is -0.127. The maximum Gasteiger partial charge on any atom is 0.247 e. The number of hydrogen-bond acceptors (Lipinski definition) is 5. The van der Waals surface area contributed by atoms with Gasteiger partial charge in [-0.05, 0) is 64.0 Å². The van der Waals surface area contributed by atoms with E-state index in [0.717, 1.165) is 5.56 Å². The molecule has 0 aliphatic heterocycles. The van der Waals surface area contributed by atoms with Gasteiger partial charge in [0.2, 0.25) is 11.8 Å². The average Bonchev–Trinajstić information content (AvgIpc) is 2.87. The minimum Gasteiger partial charge on any atom is -0.491 e. The van der Waals surface area contributed by atoms with E-state index in [2.05, 4.69) is 10.6 Å². The summed E-state index contributed by atoms with van der Waals surface area (Å²) in [5.74, 6) is -1.57. The summed E-state index contributed by atoms with van der Waals surface area (Å²) in [6.07, 6.45) is 0. The van der Waals surface area contributed by atoms with Crippen LogP contribution in [0.15, 0.2) is 72.8 Å². The lowest BCUT2D eigenvalue weighted by Gasteiger charge is -2.26. The Morgan fingerprint density at radius 2 is 1.71 bits per heavy atom. The van der Waals surface area contributed by atoms with Crippen LogP contribution < -0.4 is 21.1 Å². The van der Waals surface area contributed by atoms with Gasteiger partial charge in [0.15, 0.2) is 0 Å². The molecule has 5 N–H and O–H groups in total. The summed E-state index contributed by atoms with van der Waals surface area (Å²) in [5.41, 5.74) is 7.56. The van der Waals surface area contributed by atoms with E-state index in [1.807, 2.05) is 59.8 Å². The highest BCUT2D eigenvalue weighted by Crippen LogP contribution is 2.24. The molecule has 9 heteroatoms. The monoisotopic (exact) mass is 591 g/mol. The van der Waals surface area contributed by atoms with Gasteiger partial charge >= 0.3 is 0 Å². The first-order chi connectivity index (χ1) is 16.8. The van der Waals surface area contributed by atoms with Crippen molar-refractivity contribution in [1.82, 2.24) is 5.32 Å². The predicted octanol–water partition coefficient (Wildman–Crippen LogP) is 3.73. The minimum atomic E-state index is -1.05. The third kappa shape index (κ3) is 7.23. The second-order valence-corrected chi connectivity index (χ2v) is 9.16. The normalized spacial score (nSPS) is 13.4. The first-order valence-corrected chi connectivity index (χ1v) is 12.1. The fourth-order valence-corrected chi connectivity index (χ4v) is 3.95. The Bertz CT molecular complexity index is 1150. The molecular weight excluding hydrogens is 564 g/mol. The summed E-state index contributed by atoms with van der Waals surface area (Å²) in [7, 11) is 0. The number of nitrogens with two attached hydrogens (primary N) is 1. The van der Waals surface area contributed by atoms with Crippen molar-refractivity contribution in [2.75, 3.05) is 18.5 Å². The van der Waals surface area contributed by atoms with E-state index in [1.165, 1.54) is 12.1 Å². The highest BCUT2D eigenvalue weighted by molar-refractivity contribution is 14.1. The first kappa shape index (κ1) is 26.6. The van der Waals surface area contributed by atoms with Crippen LogP contribution in [0.3, 0.4) is 0 Å². The summed E-state index contributed by atoms with van der Waals surface area (Å²) < 4.78 is 20.4. The fourth-order valence-electron chi connectivity index (χ4n) is 3.50. The summed E-state index contributed by atoms with van der Waals surface area (Å²) in [4.78, 5) is 26.3. The van der Waals surface area contributed by atoms with Crippen molar-refractivity contribution in [1.29, 1.82) is 0 Å². The molecule has 0 radical (unpaired) electrons. The van der Waals surface area contributed by atoms with Gasteiger partial charge in [0.1, 0.15) is 30.3 Å². The molecule has 0 bridgehead atoms. The number of benzene rings is 3. The van der Waals surface area contributed by atoms with Crippen molar-refractivity contribution in [2.45, 2.75) is 24.9 Å². The molecule has 3 aromatic carbocycles. The first-order valence-electron chi connectivity index (χ1n) is 11.0. The molecule has 0 aromatic heterocycles. The summed E-state index contributed by atoms with van der Waals surface area (Å²) in [6.45, 7) is 1.85. The van der Waals surface area contributed by atoms with Crippen LogP contribution in [-0.4, -0.2) is 36.2 Å². The molecule has 0 saturated heterocycles. The molecule has 0 aliphatic rings. The third-order valence-electron chi connectivity index (χ3n) is 5.48. The Labute approximate surface area is 217 Å². The lowest BCUT2D eigenvalue weighted by atomic mass is 9.92. The topological polar surface area (TPSA) is 114 Å². The molecular formula is C26H27FIN3O4. The van der Waals surface area contributed by atoms with Gasteiger partial charge in [0.05, 0.1) is 12.3 Å². The van der Waals surface area contributed by atoms with Gasteiger partial charge in [-0.2, -0.15) is 0 Å². The number of nitrogens with one attached hydrogen (secondary N) is 2. The quantitative estimate of drug-likeness (QED) is 0.269. The van der Waals surface area contributed by atoms with Crippen molar-refractivity contribution < 1.29 is 23.8 Å². The van der Waals surface area contributed by atoms with Gasteiger partial charge in [0.25, 0.3) is 0 Å². The maximum atomic E-state index is 14.4. The van der Waals surface area contributed by atoms with E-state index in [-0.39, 0.29) is 18.9 Å². The third-order valence-corrected chi connectivity index (χ3v) is 6.15. The SMILES string of the molecule is C[C@@H](c1ccccc1)[C@H](NC(=O)C(N)c1ccc(OCCO)cc1)C(=O)Nc1ccc(I)cc1F. The molecule has 3 rings (SSSR count). The van der Waals surface area contributed by atoms with E-state index in [0.29, 0.717) is 14.9 Å². The van der Waals surface area contributed by atoms with E-state index < -0.39 is 35.6 Å². The number of aliphatic hydroxyl groups is 1. The Hall–Kier alpha value is -3.02. The van der Waals surface area contributed by atoms with Gasteiger partial charge in [-0.3, -0.25) is 9.59 Å². The number of amides is 2. The number of carbonyl (C=O) groups excluding carboxylic acids is 2. The largest absolute Gasteiger partial charge is 0.491 e. The average molecular weight is 591 g/mol. The van der Waals surface area contributed by atoms with Gasteiger partial charge in [-0.25, -0.2) is 4.39 Å². The van der Waals surface area contributed by atoms with Crippen molar-refractivity contribution in [3.8, 4) is 5.75 Å². The number of carbonyl (C=O) groups is 2. The fraction of sp³-hybridized carbons (Fsp3) is 0.231. The smallest absolute Gasteiger partial charge is 0.247 e. The van der Waals surface area contributed by atoms with Crippen LogP contribution >= 0.6 is 22.6 Å². The second-order valence-electron chi connectivity index (χ2n) is 7.92. The summed E-state index contributed by atoms with van der Waals surface area (Å²) in [5, 5.41) is 14.2. The molecule has 3 aromatic rings. The zero-order chi connectivity index (χ0) is 25.4. The van der Waals surface area contributed by atoms with Crippen molar-refractivity contribution in [2.24, 2.45) is 5.73 Å². The van der Waals surface area contributed by atoms with Gasteiger partial charge in [-0.15, -0.1) is 0 Å². The molecule has 1 unspecified atom stereocenters. The number of anilines is 1. The van der Waals surface area contributed by atoms with Gasteiger partial charge < -0.3 is 26.2 Å². The number of hydrogen-bond donors (Lipinski definition) is 4. The number of aliphatic hydroxyl groups excluding tert-OH is 1. The molecule has 35 heavy (non-hydrogen) atoms. The van der Waals surface area contributed by atoms with Crippen molar-refractivity contribution in [3.05, 3.63) is 93.3 Å². The molecule has 0 spiro atoms. The van der Waals surface area contributed by atoms with Gasteiger partial charge in [0, 0.05) is 9.49 Å². The van der Waals surface area contributed by atoms with Gasteiger partial charge in [-0.1, -0.05) is 49.4 Å². The Morgan fingerprint density at radius 3 is 2.34 bits per heavy atom. The van der Waals surface area contributed by atoms with Crippen molar-refractivity contribution >= 4 is 40.1 Å². The Morgan fingerprint density at radius 1 is 1.03 bits per heavy atom. The highest BCUT2D eigenvalue weighted by atomic mass is 127. The minimum absolute atomic E-state index is 0.0256. The van der Waals surface area contributed by atoms with Crippen LogP contribution in [0, 0.1) is 9.39 Å². The summed E-state index contributed by atoms with van der Waals surface area (Å²) in [6, 6.07) is 18.2. The molecule has 7 nitrogen and oxygen atoms in total. The maximum absolute atomic E-state index is 14.4. The van der Waals surface area contributed by atoms with Crippen molar-refractivity contribution in [3.63, 3.8) is 0 Å². The predicted molar refractivity (Wildman–Crippen MR) is 140 cm³/mol. The zero-order valence-corrected chi connectivity index (χ0v) is 21.2. The van der Waals surface area contributed by atoms with Crippen LogP contribution in [-0.2, 0) is 9.59 Å². The van der Waals surface area contributed by atoms with Crippen LogP contribution in [0.2, 0.25) is 0 Å². The van der Waals surface area contributed by atoms with E-state index >= 15 is 0 Å². The standard InChI is InChI=1S/C26H27FIN3O4/c1-16(17-5-3-2-4-6-17)24(26(34)30-22-12-9-19(28)15-21(22)27)31-25(33)23(29)18-7-10-20(11-8-18)35-14-13-32/h2-12,15-16,23-24,32H,13-14,29H2,1H3,(H,30,34)(H,31,33)/t16-,23?,24-/m0/s1. The molecule has 0 aliphatic carbocycles. The van der Waals surface area contributed by atoms with E-state index in [1.54, 1.807) is 30.3 Å². The Kier molecular flexibility index (Phi) is 9.58. The molecule has 184 valence electrons. The number of rotatable bonds is 10. The van der Waals surface area contributed by atoms with Crippen LogP contribution in [0.25, 0.3) is 0 Å². The summed E-state index contributed by atoms with van der Waals surface area (Å²) >= 11 is 1.98. The second kappa shape index (κ2) is 12.6. The molecule has 2 amide bonds. The van der Waals surface area contributed by atoms with Crippen LogP contribution in [0.5, 0.6) is 5.75 Å². The highest BCUT2D eigenvalue weighted by Gasteiger charge is 2.30. The number of ether oxygens (including phenoxy) is 1. The lowest BCUT2D eigenvalue weighted by Crippen LogP contribution is -2.49. The van der Waals surface area contributed by atoms with E-state index in [9.17, 15) is 14.0 Å². The molecule has 0 heterocycles. The Balaban J connectivity index is 1.80. The number of halogens is 2. The van der Waals surface area contributed by atoms with Crippen LogP contribution in [0.4, 0.5) is 10.1 Å². The zero-order valence-electron chi connectivity index (χ0n) is 19.1. The van der Waals surface area contributed by atoms with E-state index in [4.69, 9.17) is 15.6 Å².